The van der Waals surface area contributed by atoms with Crippen molar-refractivity contribution < 1.29 is 0 Å². The second-order valence-electron chi connectivity index (χ2n) is 0.289. The quantitative estimate of drug-likeness (QED) is 0.309. The Balaban J connectivity index is 2.43. The minimum absolute atomic E-state index is 1.57. The summed E-state index contributed by atoms with van der Waals surface area (Å²) in [5.74, 6) is 0. The van der Waals surface area contributed by atoms with E-state index < -0.39 is 0 Å². The molecular weight excluding hydrogens is 52.0 g/mol. The van der Waals surface area contributed by atoms with Crippen LogP contribution in [-0.2, 0) is 0 Å². The first-order chi connectivity index (χ1) is 1.91. The highest BCUT2D eigenvalue weighted by Crippen LogP contribution is 1.22. The Morgan fingerprint density at radius 3 is 2.25 bits per heavy atom. The van der Waals surface area contributed by atoms with E-state index >= 15 is 0 Å². The third-order valence-electron chi connectivity index (χ3n) is 0.0791. The molecule has 0 fully saturated rings. The first-order valence-electron chi connectivity index (χ1n) is 0.827. The van der Waals surface area contributed by atoms with E-state index in [2.05, 4.69) is 7.05 Å². The maximum atomic E-state index is 7.45. The van der Waals surface area contributed by atoms with Gasteiger partial charge in [-0.05, 0) is 0 Å². The van der Waals surface area contributed by atoms with Crippen molar-refractivity contribution in [3.63, 3.8) is 0 Å². The fourth-order valence-corrected chi connectivity index (χ4v) is 0. The summed E-state index contributed by atoms with van der Waals surface area (Å²) < 4.78 is 0. The van der Waals surface area contributed by atoms with Gasteiger partial charge >= 0.3 is 0 Å². The van der Waals surface area contributed by atoms with Gasteiger partial charge in [0.15, 0.2) is 6.19 Å². The highest BCUT2D eigenvalue weighted by Gasteiger charge is 1.40. The van der Waals surface area contributed by atoms with Gasteiger partial charge in [-0.2, -0.15) is 5.26 Å². The standard InChI is InChI=1S/C2H3N2/c1-4-2-3/h4H,1H2. The Morgan fingerprint density at radius 1 is 2.00 bits per heavy atom. The van der Waals surface area contributed by atoms with Crippen molar-refractivity contribution >= 4 is 0 Å². The monoisotopic (exact) mass is 55.0 g/mol. The maximum Gasteiger partial charge on any atom is 0.176 e. The Labute approximate surface area is 25.0 Å². The molecule has 0 aliphatic heterocycles. The van der Waals surface area contributed by atoms with Gasteiger partial charge in [-0.1, -0.05) is 0 Å². The number of hydrogen-bond donors (Lipinski definition) is 1. The van der Waals surface area contributed by atoms with E-state index in [0.29, 0.717) is 0 Å². The first-order valence-corrected chi connectivity index (χ1v) is 0.827. The molecule has 1 N–H and O–H groups in total. The van der Waals surface area contributed by atoms with E-state index in [4.69, 9.17) is 5.26 Å². The SMILES string of the molecule is [CH2]NC#N. The van der Waals surface area contributed by atoms with E-state index in [1.165, 1.54) is 0 Å². The second kappa shape index (κ2) is 2.29. The minimum atomic E-state index is 1.57. The molecule has 0 aromatic rings. The third kappa shape index (κ3) is 1.29. The van der Waals surface area contributed by atoms with Crippen molar-refractivity contribution in [3.8, 4) is 6.19 Å². The molecule has 1 radical (unpaired) electrons. The first kappa shape index (κ1) is 3.29. The highest BCUT2D eigenvalue weighted by atomic mass is 14.8. The van der Waals surface area contributed by atoms with E-state index in [9.17, 15) is 0 Å². The zero-order valence-corrected chi connectivity index (χ0v) is 2.15. The predicted octanol–water partition coefficient (Wildman–Crippen LogP) is -0.151. The summed E-state index contributed by atoms with van der Waals surface area (Å²) in [4.78, 5) is 0. The lowest BCUT2D eigenvalue weighted by atomic mass is 11.2. The lowest BCUT2D eigenvalue weighted by molar-refractivity contribution is 1.20. The zero-order chi connectivity index (χ0) is 3.41. The molecule has 0 bridgehead atoms. The average molecular weight is 55.1 g/mol. The summed E-state index contributed by atoms with van der Waals surface area (Å²) >= 11 is 0. The number of nitriles is 1. The van der Waals surface area contributed by atoms with E-state index in [0.717, 1.165) is 0 Å². The summed E-state index contributed by atoms with van der Waals surface area (Å²) in [6.45, 7) is 0. The molecule has 0 unspecified atom stereocenters. The molecule has 0 amide bonds. The fraction of sp³-hybridized carbons (Fsp3) is 0. The largest absolute Gasteiger partial charge is 0.322 e. The highest BCUT2D eigenvalue weighted by molar-refractivity contribution is 4.60. The summed E-state index contributed by atoms with van der Waals surface area (Å²) in [6.07, 6.45) is 1.57. The van der Waals surface area contributed by atoms with Gasteiger partial charge in [0.25, 0.3) is 0 Å². The van der Waals surface area contributed by atoms with Crippen molar-refractivity contribution in [3.05, 3.63) is 7.05 Å². The van der Waals surface area contributed by atoms with Crippen molar-refractivity contribution in [2.75, 3.05) is 0 Å². The molecule has 0 rings (SSSR count). The molecule has 0 aromatic heterocycles. The van der Waals surface area contributed by atoms with Crippen LogP contribution in [0.3, 0.4) is 0 Å². The number of nitrogens with one attached hydrogen (secondary N) is 1. The molecule has 0 saturated carbocycles. The van der Waals surface area contributed by atoms with Gasteiger partial charge in [0.2, 0.25) is 0 Å². The summed E-state index contributed by atoms with van der Waals surface area (Å²) in [6, 6.07) is 0. The van der Waals surface area contributed by atoms with Gasteiger partial charge in [-0.15, -0.1) is 0 Å². The molecule has 2 nitrogen and oxygen atoms in total. The van der Waals surface area contributed by atoms with Crippen molar-refractivity contribution in [1.82, 2.24) is 5.32 Å². The molecule has 0 atom stereocenters. The smallest absolute Gasteiger partial charge is 0.176 e. The molecule has 0 saturated heterocycles. The Kier molecular flexibility index (Phi) is 1.88. The summed E-state index contributed by atoms with van der Waals surface area (Å²) in [5, 5.41) is 9.44. The molecule has 2 heteroatoms. The van der Waals surface area contributed by atoms with Gasteiger partial charge < -0.3 is 5.32 Å². The van der Waals surface area contributed by atoms with Crippen molar-refractivity contribution in [1.29, 1.82) is 5.26 Å². The lowest BCUT2D eigenvalue weighted by Gasteiger charge is -1.59. The fourth-order valence-electron chi connectivity index (χ4n) is 0. The zero-order valence-electron chi connectivity index (χ0n) is 2.15. The van der Waals surface area contributed by atoms with E-state index in [1.807, 2.05) is 5.32 Å². The number of rotatable bonds is 0. The molecule has 0 aromatic carbocycles. The number of nitrogens with zero attached hydrogens (tertiary/aromatic N) is 1. The van der Waals surface area contributed by atoms with Gasteiger partial charge in [0.1, 0.15) is 0 Å². The molecule has 0 aliphatic carbocycles. The topological polar surface area (TPSA) is 35.8 Å². The van der Waals surface area contributed by atoms with Crippen LogP contribution in [0.1, 0.15) is 0 Å². The van der Waals surface area contributed by atoms with Gasteiger partial charge in [-0.25, -0.2) is 0 Å². The molecule has 0 aliphatic rings. The van der Waals surface area contributed by atoms with Crippen LogP contribution in [-0.4, -0.2) is 0 Å². The van der Waals surface area contributed by atoms with Crippen molar-refractivity contribution in [2.24, 2.45) is 0 Å². The van der Waals surface area contributed by atoms with E-state index in [-0.39, 0.29) is 0 Å². The molecular formula is C2H3N2. The third-order valence-corrected chi connectivity index (χ3v) is 0.0791. The van der Waals surface area contributed by atoms with Gasteiger partial charge in [-0.3, -0.25) is 0 Å². The summed E-state index contributed by atoms with van der Waals surface area (Å²) in [5.41, 5.74) is 0. The molecule has 0 heterocycles. The van der Waals surface area contributed by atoms with Crippen molar-refractivity contribution in [2.45, 2.75) is 0 Å². The van der Waals surface area contributed by atoms with Crippen LogP contribution in [0.2, 0.25) is 0 Å². The van der Waals surface area contributed by atoms with Crippen LogP contribution >= 0.6 is 0 Å². The Bertz CT molecular complexity index is 33.8. The molecule has 4 heavy (non-hydrogen) atoms. The Hall–Kier alpha value is -0.710. The van der Waals surface area contributed by atoms with Crippen LogP contribution in [0, 0.1) is 18.5 Å². The normalized spacial score (nSPS) is 4.00. The van der Waals surface area contributed by atoms with Crippen LogP contribution in [0.25, 0.3) is 0 Å². The summed E-state index contributed by atoms with van der Waals surface area (Å²) in [7, 11) is 2.99. The van der Waals surface area contributed by atoms with E-state index in [1.54, 1.807) is 6.19 Å². The van der Waals surface area contributed by atoms with Crippen LogP contribution < -0.4 is 5.32 Å². The van der Waals surface area contributed by atoms with Crippen LogP contribution in [0.4, 0.5) is 0 Å². The van der Waals surface area contributed by atoms with Gasteiger partial charge in [0, 0.05) is 7.05 Å². The minimum Gasteiger partial charge on any atom is -0.322 e. The number of hydrogen-bond acceptors (Lipinski definition) is 2. The van der Waals surface area contributed by atoms with Crippen LogP contribution in [0.15, 0.2) is 0 Å². The molecule has 21 valence electrons. The second-order valence-corrected chi connectivity index (χ2v) is 0.289. The Morgan fingerprint density at radius 2 is 2.25 bits per heavy atom. The predicted molar refractivity (Wildman–Crippen MR) is 14.1 cm³/mol. The lowest BCUT2D eigenvalue weighted by Crippen LogP contribution is -1.83. The average Bonchev–Trinajstić information content (AvgIpc) is 1.37. The van der Waals surface area contributed by atoms with Crippen LogP contribution in [0.5, 0.6) is 0 Å². The maximum absolute atomic E-state index is 7.45. The van der Waals surface area contributed by atoms with Gasteiger partial charge in [0.05, 0.1) is 0 Å². The molecule has 0 spiro atoms.